The normalized spacial score (nSPS) is 13.5. The van der Waals surface area contributed by atoms with Crippen molar-refractivity contribution in [1.29, 1.82) is 0 Å². The van der Waals surface area contributed by atoms with Gasteiger partial charge in [0.05, 0.1) is 5.56 Å². The van der Waals surface area contributed by atoms with Crippen molar-refractivity contribution < 1.29 is 13.2 Å². The van der Waals surface area contributed by atoms with Crippen LogP contribution in [0.3, 0.4) is 0 Å². The predicted octanol–water partition coefficient (Wildman–Crippen LogP) is 4.42. The molecule has 1 nitrogen and oxygen atoms in total. The summed E-state index contributed by atoms with van der Waals surface area (Å²) in [5.41, 5.74) is 0.398. The fraction of sp³-hybridized carbons (Fsp3) is 0.600. The Morgan fingerprint density at radius 1 is 1.11 bits per heavy atom. The van der Waals surface area contributed by atoms with Gasteiger partial charge in [0.15, 0.2) is 0 Å². The fourth-order valence-electron chi connectivity index (χ4n) is 2.19. The molecule has 4 heteroatoms. The van der Waals surface area contributed by atoms with Crippen molar-refractivity contribution in [2.45, 2.75) is 51.2 Å². The third-order valence-corrected chi connectivity index (χ3v) is 3.34. The molecule has 0 spiro atoms. The summed E-state index contributed by atoms with van der Waals surface area (Å²) in [5, 5.41) is 3.27. The number of benzene rings is 1. The van der Waals surface area contributed by atoms with Crippen molar-refractivity contribution in [2.75, 3.05) is 7.05 Å². The van der Waals surface area contributed by atoms with Crippen LogP contribution in [-0.2, 0) is 12.6 Å². The molecule has 0 amide bonds. The Morgan fingerprint density at radius 2 is 1.74 bits per heavy atom. The van der Waals surface area contributed by atoms with Gasteiger partial charge in [-0.05, 0) is 50.4 Å². The fourth-order valence-corrected chi connectivity index (χ4v) is 2.19. The molecule has 108 valence electrons. The summed E-state index contributed by atoms with van der Waals surface area (Å²) in [6.45, 7) is 2.15. The molecule has 1 unspecified atom stereocenters. The summed E-state index contributed by atoms with van der Waals surface area (Å²) in [6.07, 6.45) is 0.939. The minimum atomic E-state index is -4.24. The van der Waals surface area contributed by atoms with Crippen molar-refractivity contribution in [1.82, 2.24) is 5.32 Å². The minimum Gasteiger partial charge on any atom is -0.317 e. The van der Waals surface area contributed by atoms with Crippen LogP contribution in [0.15, 0.2) is 24.3 Å². The van der Waals surface area contributed by atoms with E-state index in [2.05, 4.69) is 12.2 Å². The van der Waals surface area contributed by atoms with E-state index in [0.717, 1.165) is 49.8 Å². The van der Waals surface area contributed by atoms with Crippen molar-refractivity contribution in [2.24, 2.45) is 0 Å². The average molecular weight is 273 g/mol. The zero-order chi connectivity index (χ0) is 14.3. The molecule has 0 heterocycles. The number of hydrogen-bond acceptors (Lipinski definition) is 1. The number of hydrogen-bond donors (Lipinski definition) is 1. The smallest absolute Gasteiger partial charge is 0.317 e. The second kappa shape index (κ2) is 7.53. The van der Waals surface area contributed by atoms with Crippen LogP contribution in [0, 0.1) is 0 Å². The Kier molecular flexibility index (Phi) is 6.35. The van der Waals surface area contributed by atoms with Gasteiger partial charge >= 0.3 is 6.18 Å². The predicted molar refractivity (Wildman–Crippen MR) is 72.1 cm³/mol. The molecule has 0 fully saturated rings. The first-order valence-electron chi connectivity index (χ1n) is 6.80. The number of rotatable bonds is 7. The SMILES string of the molecule is CCCC(CCCc1ccc(C(F)(F)F)cc1)NC. The van der Waals surface area contributed by atoms with Gasteiger partial charge in [-0.25, -0.2) is 0 Å². The molecular weight excluding hydrogens is 251 g/mol. The maximum Gasteiger partial charge on any atom is 0.416 e. The lowest BCUT2D eigenvalue weighted by Gasteiger charge is -2.14. The second-order valence-electron chi connectivity index (χ2n) is 4.86. The standard InChI is InChI=1S/C15H22F3N/c1-3-5-14(19-2)7-4-6-12-8-10-13(11-9-12)15(16,17)18/h8-11,14,19H,3-7H2,1-2H3. The molecule has 0 bridgehead atoms. The van der Waals surface area contributed by atoms with E-state index in [4.69, 9.17) is 0 Å². The highest BCUT2D eigenvalue weighted by atomic mass is 19.4. The minimum absolute atomic E-state index is 0.513. The van der Waals surface area contributed by atoms with E-state index in [1.807, 2.05) is 7.05 Å². The van der Waals surface area contributed by atoms with E-state index in [9.17, 15) is 13.2 Å². The molecule has 0 aromatic heterocycles. The van der Waals surface area contributed by atoms with Crippen LogP contribution in [0.5, 0.6) is 0 Å². The summed E-state index contributed by atoms with van der Waals surface area (Å²) in [6, 6.07) is 6.00. The van der Waals surface area contributed by atoms with Gasteiger partial charge in [-0.2, -0.15) is 13.2 Å². The summed E-state index contributed by atoms with van der Waals surface area (Å²) in [5.74, 6) is 0. The molecule has 1 aromatic carbocycles. The molecule has 1 aromatic rings. The summed E-state index contributed by atoms with van der Waals surface area (Å²) in [7, 11) is 1.96. The van der Waals surface area contributed by atoms with Gasteiger partial charge in [-0.3, -0.25) is 0 Å². The van der Waals surface area contributed by atoms with Crippen LogP contribution < -0.4 is 5.32 Å². The van der Waals surface area contributed by atoms with Gasteiger partial charge < -0.3 is 5.32 Å². The van der Waals surface area contributed by atoms with Gasteiger partial charge in [-0.15, -0.1) is 0 Å². The molecular formula is C15H22F3N. The lowest BCUT2D eigenvalue weighted by Crippen LogP contribution is -2.24. The molecule has 1 rings (SSSR count). The topological polar surface area (TPSA) is 12.0 Å². The van der Waals surface area contributed by atoms with Gasteiger partial charge in [0.25, 0.3) is 0 Å². The van der Waals surface area contributed by atoms with Crippen molar-refractivity contribution >= 4 is 0 Å². The van der Waals surface area contributed by atoms with Gasteiger partial charge in [-0.1, -0.05) is 25.5 Å². The molecule has 0 saturated carbocycles. The highest BCUT2D eigenvalue weighted by molar-refractivity contribution is 5.24. The van der Waals surface area contributed by atoms with Crippen LogP contribution in [0.1, 0.15) is 43.7 Å². The molecule has 0 aliphatic carbocycles. The zero-order valence-corrected chi connectivity index (χ0v) is 11.6. The first-order valence-corrected chi connectivity index (χ1v) is 6.80. The Balaban J connectivity index is 2.42. The van der Waals surface area contributed by atoms with Crippen LogP contribution in [0.2, 0.25) is 0 Å². The maximum absolute atomic E-state index is 12.4. The number of halogens is 3. The van der Waals surface area contributed by atoms with E-state index >= 15 is 0 Å². The summed E-state index contributed by atoms with van der Waals surface area (Å²) in [4.78, 5) is 0. The third-order valence-electron chi connectivity index (χ3n) is 3.34. The quantitative estimate of drug-likeness (QED) is 0.775. The first kappa shape index (κ1) is 16.0. The van der Waals surface area contributed by atoms with Crippen LogP contribution in [0.4, 0.5) is 13.2 Å². The van der Waals surface area contributed by atoms with Crippen LogP contribution in [-0.4, -0.2) is 13.1 Å². The lowest BCUT2D eigenvalue weighted by atomic mass is 10.0. The average Bonchev–Trinajstić information content (AvgIpc) is 2.37. The molecule has 19 heavy (non-hydrogen) atoms. The molecule has 0 aliphatic rings. The molecule has 0 saturated heterocycles. The van der Waals surface area contributed by atoms with Crippen molar-refractivity contribution in [3.63, 3.8) is 0 Å². The first-order chi connectivity index (χ1) is 8.97. The Hall–Kier alpha value is -1.03. The molecule has 0 aliphatic heterocycles. The lowest BCUT2D eigenvalue weighted by molar-refractivity contribution is -0.137. The molecule has 1 N–H and O–H groups in total. The molecule has 0 radical (unpaired) electrons. The van der Waals surface area contributed by atoms with E-state index in [0.29, 0.717) is 6.04 Å². The number of alkyl halides is 3. The third kappa shape index (κ3) is 5.64. The monoisotopic (exact) mass is 273 g/mol. The maximum atomic E-state index is 12.4. The highest BCUT2D eigenvalue weighted by Crippen LogP contribution is 2.29. The Bertz CT molecular complexity index is 357. The van der Waals surface area contributed by atoms with E-state index in [-0.39, 0.29) is 0 Å². The largest absolute Gasteiger partial charge is 0.416 e. The number of nitrogens with one attached hydrogen (secondary N) is 1. The number of aryl methyl sites for hydroxylation is 1. The van der Waals surface area contributed by atoms with Crippen molar-refractivity contribution in [3.8, 4) is 0 Å². The van der Waals surface area contributed by atoms with E-state index in [1.54, 1.807) is 12.1 Å². The van der Waals surface area contributed by atoms with Gasteiger partial charge in [0.2, 0.25) is 0 Å². The second-order valence-corrected chi connectivity index (χ2v) is 4.86. The van der Waals surface area contributed by atoms with E-state index < -0.39 is 11.7 Å². The van der Waals surface area contributed by atoms with E-state index in [1.165, 1.54) is 0 Å². The Morgan fingerprint density at radius 3 is 2.21 bits per heavy atom. The highest BCUT2D eigenvalue weighted by Gasteiger charge is 2.29. The summed E-state index contributed by atoms with van der Waals surface area (Å²) >= 11 is 0. The zero-order valence-electron chi connectivity index (χ0n) is 11.6. The Labute approximate surface area is 113 Å². The molecule has 1 atom stereocenters. The van der Waals surface area contributed by atoms with Crippen molar-refractivity contribution in [3.05, 3.63) is 35.4 Å². The van der Waals surface area contributed by atoms with Gasteiger partial charge in [0.1, 0.15) is 0 Å². The van der Waals surface area contributed by atoms with Gasteiger partial charge in [0, 0.05) is 6.04 Å². The van der Waals surface area contributed by atoms with Crippen LogP contribution in [0.25, 0.3) is 0 Å². The van der Waals surface area contributed by atoms with Crippen LogP contribution >= 0.6 is 0 Å². The summed E-state index contributed by atoms with van der Waals surface area (Å²) < 4.78 is 37.2.